The van der Waals surface area contributed by atoms with Crippen molar-refractivity contribution in [3.05, 3.63) is 11.7 Å². The minimum Gasteiger partial charge on any atom is -0.379 e. The zero-order chi connectivity index (χ0) is 13.0. The van der Waals surface area contributed by atoms with Crippen LogP contribution < -0.4 is 5.32 Å². The lowest BCUT2D eigenvalue weighted by molar-refractivity contribution is 0.184. The molecule has 5 nitrogen and oxygen atoms in total. The van der Waals surface area contributed by atoms with E-state index in [1.54, 1.807) is 0 Å². The Morgan fingerprint density at radius 1 is 1.39 bits per heavy atom. The quantitative estimate of drug-likeness (QED) is 0.837. The lowest BCUT2D eigenvalue weighted by Gasteiger charge is -2.14. The van der Waals surface area contributed by atoms with Crippen molar-refractivity contribution in [3.63, 3.8) is 0 Å². The molecule has 1 fully saturated rings. The average Bonchev–Trinajstić information content (AvgIpc) is 2.93. The summed E-state index contributed by atoms with van der Waals surface area (Å²) in [5, 5.41) is 7.52. The molecule has 0 amide bonds. The van der Waals surface area contributed by atoms with E-state index < -0.39 is 0 Å². The van der Waals surface area contributed by atoms with Gasteiger partial charge in [0.25, 0.3) is 0 Å². The summed E-state index contributed by atoms with van der Waals surface area (Å²) in [6.07, 6.45) is 1.98. The van der Waals surface area contributed by atoms with Gasteiger partial charge in [-0.3, -0.25) is 0 Å². The van der Waals surface area contributed by atoms with Crippen LogP contribution in [0.15, 0.2) is 4.52 Å². The first kappa shape index (κ1) is 13.5. The third kappa shape index (κ3) is 3.29. The van der Waals surface area contributed by atoms with E-state index in [-0.39, 0.29) is 5.92 Å². The Hall–Kier alpha value is -0.940. The highest BCUT2D eigenvalue weighted by atomic mass is 16.5. The van der Waals surface area contributed by atoms with Crippen molar-refractivity contribution in [2.45, 2.75) is 45.6 Å². The van der Waals surface area contributed by atoms with Gasteiger partial charge in [0.1, 0.15) is 0 Å². The van der Waals surface area contributed by atoms with Crippen LogP contribution >= 0.6 is 0 Å². The average molecular weight is 253 g/mol. The fourth-order valence-electron chi connectivity index (χ4n) is 2.19. The summed E-state index contributed by atoms with van der Waals surface area (Å²) in [5.74, 6) is 2.27. The lowest BCUT2D eigenvalue weighted by Crippen LogP contribution is -2.35. The fourth-order valence-corrected chi connectivity index (χ4v) is 2.19. The maximum absolute atomic E-state index is 5.52. The topological polar surface area (TPSA) is 60.2 Å². The first-order valence-electron chi connectivity index (χ1n) is 6.84. The Morgan fingerprint density at radius 2 is 2.22 bits per heavy atom. The van der Waals surface area contributed by atoms with E-state index >= 15 is 0 Å². The van der Waals surface area contributed by atoms with Crippen LogP contribution in [0, 0.1) is 5.92 Å². The van der Waals surface area contributed by atoms with Gasteiger partial charge in [0.15, 0.2) is 5.82 Å². The van der Waals surface area contributed by atoms with Gasteiger partial charge < -0.3 is 14.6 Å². The molecule has 0 saturated carbocycles. The molecule has 1 aliphatic rings. The monoisotopic (exact) mass is 253 g/mol. The Balaban J connectivity index is 1.98. The number of nitrogens with one attached hydrogen (secondary N) is 1. The van der Waals surface area contributed by atoms with E-state index in [4.69, 9.17) is 9.26 Å². The molecule has 5 heteroatoms. The van der Waals surface area contributed by atoms with Gasteiger partial charge in [-0.25, -0.2) is 0 Å². The summed E-state index contributed by atoms with van der Waals surface area (Å²) in [5.41, 5.74) is 0. The zero-order valence-electron chi connectivity index (χ0n) is 11.5. The highest BCUT2D eigenvalue weighted by molar-refractivity contribution is 5.02. The minimum atomic E-state index is 0.199. The normalized spacial score (nSPS) is 24.0. The summed E-state index contributed by atoms with van der Waals surface area (Å²) >= 11 is 0. The molecule has 2 rings (SSSR count). The molecule has 102 valence electrons. The molecule has 2 heterocycles. The van der Waals surface area contributed by atoms with Gasteiger partial charge in [-0.05, 0) is 18.9 Å². The van der Waals surface area contributed by atoms with Crippen LogP contribution in [-0.2, 0) is 11.2 Å². The molecule has 1 saturated heterocycles. The van der Waals surface area contributed by atoms with Gasteiger partial charge in [0, 0.05) is 12.5 Å². The van der Waals surface area contributed by atoms with Crippen molar-refractivity contribution in [1.82, 2.24) is 15.5 Å². The van der Waals surface area contributed by atoms with Crippen LogP contribution in [0.5, 0.6) is 0 Å². The maximum atomic E-state index is 5.52. The highest BCUT2D eigenvalue weighted by Crippen LogP contribution is 2.24. The third-order valence-corrected chi connectivity index (χ3v) is 3.13. The van der Waals surface area contributed by atoms with E-state index in [1.165, 1.54) is 0 Å². The molecule has 0 aromatic carbocycles. The number of hydrogen-bond donors (Lipinski definition) is 1. The van der Waals surface area contributed by atoms with Gasteiger partial charge in [-0.1, -0.05) is 25.9 Å². The highest BCUT2D eigenvalue weighted by Gasteiger charge is 2.33. The third-order valence-electron chi connectivity index (χ3n) is 3.13. The van der Waals surface area contributed by atoms with Gasteiger partial charge >= 0.3 is 0 Å². The molecule has 2 unspecified atom stereocenters. The fraction of sp³-hybridized carbons (Fsp3) is 0.846. The van der Waals surface area contributed by atoms with E-state index in [2.05, 4.69) is 36.2 Å². The smallest absolute Gasteiger partial charge is 0.233 e. The van der Waals surface area contributed by atoms with Crippen molar-refractivity contribution < 1.29 is 9.26 Å². The van der Waals surface area contributed by atoms with Crippen molar-refractivity contribution >= 4 is 0 Å². The van der Waals surface area contributed by atoms with E-state index in [1.807, 2.05) is 0 Å². The Labute approximate surface area is 108 Å². The van der Waals surface area contributed by atoms with Gasteiger partial charge in [0.2, 0.25) is 5.89 Å². The minimum absolute atomic E-state index is 0.199. The zero-order valence-corrected chi connectivity index (χ0v) is 11.5. The van der Waals surface area contributed by atoms with E-state index in [0.717, 1.165) is 37.7 Å². The molecule has 18 heavy (non-hydrogen) atoms. The molecule has 1 aliphatic heterocycles. The molecule has 2 atom stereocenters. The van der Waals surface area contributed by atoms with E-state index in [0.29, 0.717) is 18.6 Å². The summed E-state index contributed by atoms with van der Waals surface area (Å²) in [7, 11) is 0. The van der Waals surface area contributed by atoms with Crippen molar-refractivity contribution in [2.75, 3.05) is 19.8 Å². The Morgan fingerprint density at radius 3 is 2.94 bits per heavy atom. The number of hydrogen-bond acceptors (Lipinski definition) is 5. The summed E-state index contributed by atoms with van der Waals surface area (Å²) < 4.78 is 10.9. The molecular formula is C13H23N3O2. The van der Waals surface area contributed by atoms with Crippen LogP contribution in [0.1, 0.15) is 44.8 Å². The standard InChI is InChI=1S/C13H23N3O2/c1-4-5-14-11-8-17-7-10(11)13-15-12(16-18-13)6-9(2)3/h9-11,14H,4-8H2,1-3H3. The largest absolute Gasteiger partial charge is 0.379 e. The SMILES string of the molecule is CCCNC1COCC1c1nc(CC(C)C)no1. The van der Waals surface area contributed by atoms with Gasteiger partial charge in [-0.15, -0.1) is 0 Å². The number of aromatic nitrogens is 2. The second-order valence-corrected chi connectivity index (χ2v) is 5.35. The van der Waals surface area contributed by atoms with E-state index in [9.17, 15) is 0 Å². The summed E-state index contributed by atoms with van der Waals surface area (Å²) in [4.78, 5) is 4.49. The number of ether oxygens (including phenoxy) is 1. The Kier molecular flexibility index (Phi) is 4.72. The molecule has 0 spiro atoms. The first-order chi connectivity index (χ1) is 8.70. The predicted molar refractivity (Wildman–Crippen MR) is 68.5 cm³/mol. The van der Waals surface area contributed by atoms with Crippen molar-refractivity contribution in [3.8, 4) is 0 Å². The lowest BCUT2D eigenvalue weighted by atomic mass is 10.0. The number of rotatable bonds is 6. The predicted octanol–water partition coefficient (Wildman–Crippen LogP) is 1.75. The van der Waals surface area contributed by atoms with Crippen molar-refractivity contribution in [2.24, 2.45) is 5.92 Å². The molecule has 0 radical (unpaired) electrons. The van der Waals surface area contributed by atoms with Crippen LogP contribution in [0.2, 0.25) is 0 Å². The first-order valence-corrected chi connectivity index (χ1v) is 6.84. The summed E-state index contributed by atoms with van der Waals surface area (Å²) in [6.45, 7) is 8.86. The molecule has 1 N–H and O–H groups in total. The van der Waals surface area contributed by atoms with Crippen LogP contribution in [0.4, 0.5) is 0 Å². The maximum Gasteiger partial charge on any atom is 0.233 e. The molecule has 1 aromatic rings. The van der Waals surface area contributed by atoms with Crippen LogP contribution in [-0.4, -0.2) is 35.9 Å². The summed E-state index contributed by atoms with van der Waals surface area (Å²) in [6, 6.07) is 0.303. The second-order valence-electron chi connectivity index (χ2n) is 5.35. The molecule has 0 aliphatic carbocycles. The Bertz CT molecular complexity index is 365. The van der Waals surface area contributed by atoms with Crippen molar-refractivity contribution in [1.29, 1.82) is 0 Å². The van der Waals surface area contributed by atoms with Crippen LogP contribution in [0.25, 0.3) is 0 Å². The molecule has 0 bridgehead atoms. The van der Waals surface area contributed by atoms with Gasteiger partial charge in [-0.2, -0.15) is 4.98 Å². The number of nitrogens with zero attached hydrogens (tertiary/aromatic N) is 2. The second kappa shape index (κ2) is 6.29. The van der Waals surface area contributed by atoms with Gasteiger partial charge in [0.05, 0.1) is 19.1 Å². The molecule has 1 aromatic heterocycles. The van der Waals surface area contributed by atoms with Crippen LogP contribution in [0.3, 0.4) is 0 Å². The molecular weight excluding hydrogens is 230 g/mol.